The molecule has 0 spiro atoms. The number of aromatic nitrogens is 2. The van der Waals surface area contributed by atoms with Gasteiger partial charge in [-0.1, -0.05) is 0 Å². The number of nitrogens with zero attached hydrogens (tertiary/aromatic N) is 4. The molecule has 8 nitrogen and oxygen atoms in total. The lowest BCUT2D eigenvalue weighted by atomic mass is 10.1. The first-order valence-corrected chi connectivity index (χ1v) is 9.35. The quantitative estimate of drug-likeness (QED) is 0.730. The Hall–Kier alpha value is -2.58. The van der Waals surface area contributed by atoms with Gasteiger partial charge in [0.1, 0.15) is 11.5 Å². The molecular weight excluding hydrogens is 360 g/mol. The maximum absolute atomic E-state index is 9.57. The van der Waals surface area contributed by atoms with Gasteiger partial charge in [-0.05, 0) is 24.1 Å². The normalized spacial score (nSPS) is 17.4. The molecule has 0 aliphatic carbocycles. The summed E-state index contributed by atoms with van der Waals surface area (Å²) < 4.78 is 16.0. The minimum absolute atomic E-state index is 0.134. The summed E-state index contributed by atoms with van der Waals surface area (Å²) in [6.45, 7) is 3.27. The van der Waals surface area contributed by atoms with Gasteiger partial charge in [-0.2, -0.15) is 4.98 Å². The lowest BCUT2D eigenvalue weighted by Crippen LogP contribution is -2.53. The zero-order valence-corrected chi connectivity index (χ0v) is 16.7. The van der Waals surface area contributed by atoms with Crippen molar-refractivity contribution < 1.29 is 19.3 Å². The highest BCUT2D eigenvalue weighted by atomic mass is 16.5. The summed E-state index contributed by atoms with van der Waals surface area (Å²) in [4.78, 5) is 13.3. The predicted octanol–water partition coefficient (Wildman–Crippen LogP) is 1.58. The van der Waals surface area contributed by atoms with E-state index in [0.717, 1.165) is 43.2 Å². The van der Waals surface area contributed by atoms with E-state index < -0.39 is 0 Å². The SMILES string of the molecule is COc1cc(CN2CCN(c3nccc(OC)n3)CC2CCO)cc(OC)c1. The highest BCUT2D eigenvalue weighted by Crippen LogP contribution is 2.26. The van der Waals surface area contributed by atoms with Crippen LogP contribution in [0.2, 0.25) is 0 Å². The molecule has 0 radical (unpaired) electrons. The molecule has 1 fully saturated rings. The molecule has 1 aromatic carbocycles. The first kappa shape index (κ1) is 20.2. The van der Waals surface area contributed by atoms with E-state index in [-0.39, 0.29) is 12.6 Å². The van der Waals surface area contributed by atoms with E-state index in [1.54, 1.807) is 33.6 Å². The van der Waals surface area contributed by atoms with Gasteiger partial charge in [0.15, 0.2) is 0 Å². The maximum atomic E-state index is 9.57. The second-order valence-corrected chi connectivity index (χ2v) is 6.70. The standard InChI is InChI=1S/C20H28N4O4/c1-26-17-10-15(11-18(12-17)27-2)13-23-7-8-24(14-16(23)5-9-25)20-21-6-4-19(22-20)28-3/h4,6,10-12,16,25H,5,7-9,13-14H2,1-3H3. The summed E-state index contributed by atoms with van der Waals surface area (Å²) in [5.74, 6) is 2.76. The number of aliphatic hydroxyl groups is 1. The van der Waals surface area contributed by atoms with E-state index in [2.05, 4.69) is 19.8 Å². The van der Waals surface area contributed by atoms with Gasteiger partial charge >= 0.3 is 0 Å². The van der Waals surface area contributed by atoms with Crippen molar-refractivity contribution in [2.75, 3.05) is 52.5 Å². The molecule has 1 unspecified atom stereocenters. The third kappa shape index (κ3) is 4.82. The third-order valence-electron chi connectivity index (χ3n) is 4.97. The van der Waals surface area contributed by atoms with Gasteiger partial charge in [-0.15, -0.1) is 0 Å². The van der Waals surface area contributed by atoms with E-state index in [0.29, 0.717) is 18.2 Å². The van der Waals surface area contributed by atoms with Crippen molar-refractivity contribution in [3.63, 3.8) is 0 Å². The molecule has 1 N–H and O–H groups in total. The van der Waals surface area contributed by atoms with E-state index in [9.17, 15) is 5.11 Å². The van der Waals surface area contributed by atoms with Crippen LogP contribution in [-0.4, -0.2) is 73.6 Å². The summed E-state index contributed by atoms with van der Waals surface area (Å²) in [5, 5.41) is 9.57. The summed E-state index contributed by atoms with van der Waals surface area (Å²) in [5.41, 5.74) is 1.12. The lowest BCUT2D eigenvalue weighted by molar-refractivity contribution is 0.134. The fraction of sp³-hybridized carbons (Fsp3) is 0.500. The average molecular weight is 388 g/mol. The molecule has 1 aliphatic rings. The Morgan fingerprint density at radius 2 is 1.82 bits per heavy atom. The van der Waals surface area contributed by atoms with Crippen LogP contribution in [0.4, 0.5) is 5.95 Å². The first-order valence-electron chi connectivity index (χ1n) is 9.35. The van der Waals surface area contributed by atoms with Crippen molar-refractivity contribution in [2.24, 2.45) is 0 Å². The highest BCUT2D eigenvalue weighted by Gasteiger charge is 2.28. The number of ether oxygens (including phenoxy) is 3. The Balaban J connectivity index is 1.74. The maximum Gasteiger partial charge on any atom is 0.228 e. The van der Waals surface area contributed by atoms with Crippen LogP contribution in [0.25, 0.3) is 0 Å². The van der Waals surface area contributed by atoms with Gasteiger partial charge in [0.25, 0.3) is 0 Å². The molecule has 8 heteroatoms. The third-order valence-corrected chi connectivity index (χ3v) is 4.97. The average Bonchev–Trinajstić information content (AvgIpc) is 2.74. The Bertz CT molecular complexity index is 751. The van der Waals surface area contributed by atoms with Crippen molar-refractivity contribution in [3.05, 3.63) is 36.0 Å². The number of piperazine rings is 1. The molecule has 152 valence electrons. The summed E-state index contributed by atoms with van der Waals surface area (Å²) >= 11 is 0. The van der Waals surface area contributed by atoms with Gasteiger partial charge < -0.3 is 24.2 Å². The van der Waals surface area contributed by atoms with Crippen LogP contribution in [-0.2, 0) is 6.54 Å². The second kappa shape index (κ2) is 9.57. The topological polar surface area (TPSA) is 80.2 Å². The second-order valence-electron chi connectivity index (χ2n) is 6.70. The van der Waals surface area contributed by atoms with E-state index in [1.165, 1.54) is 0 Å². The molecule has 1 saturated heterocycles. The molecule has 2 aromatic rings. The van der Waals surface area contributed by atoms with Crippen LogP contribution < -0.4 is 19.1 Å². The number of hydrogen-bond donors (Lipinski definition) is 1. The summed E-state index contributed by atoms with van der Waals surface area (Å²) in [6.07, 6.45) is 2.39. The zero-order valence-electron chi connectivity index (χ0n) is 16.7. The van der Waals surface area contributed by atoms with E-state index in [4.69, 9.17) is 14.2 Å². The largest absolute Gasteiger partial charge is 0.497 e. The fourth-order valence-corrected chi connectivity index (χ4v) is 3.50. The summed E-state index contributed by atoms with van der Waals surface area (Å²) in [6, 6.07) is 7.84. The van der Waals surface area contributed by atoms with Crippen LogP contribution in [0.15, 0.2) is 30.5 Å². The lowest BCUT2D eigenvalue weighted by Gasteiger charge is -2.41. The van der Waals surface area contributed by atoms with Gasteiger partial charge in [0.2, 0.25) is 11.8 Å². The molecule has 0 amide bonds. The highest BCUT2D eigenvalue weighted by molar-refractivity contribution is 5.39. The van der Waals surface area contributed by atoms with Crippen molar-refractivity contribution in [3.8, 4) is 17.4 Å². The monoisotopic (exact) mass is 388 g/mol. The zero-order chi connectivity index (χ0) is 19.9. The van der Waals surface area contributed by atoms with E-state index in [1.807, 2.05) is 18.2 Å². The summed E-state index contributed by atoms with van der Waals surface area (Å²) in [7, 11) is 4.90. The van der Waals surface area contributed by atoms with Gasteiger partial charge in [-0.25, -0.2) is 4.98 Å². The number of aliphatic hydroxyl groups excluding tert-OH is 1. The minimum atomic E-state index is 0.134. The molecule has 1 aromatic heterocycles. The van der Waals surface area contributed by atoms with Crippen LogP contribution >= 0.6 is 0 Å². The number of rotatable bonds is 8. The molecule has 1 aliphatic heterocycles. The van der Waals surface area contributed by atoms with Crippen molar-refractivity contribution in [1.29, 1.82) is 0 Å². The smallest absolute Gasteiger partial charge is 0.228 e. The fourth-order valence-electron chi connectivity index (χ4n) is 3.50. The Morgan fingerprint density at radius 3 is 2.46 bits per heavy atom. The Labute approximate surface area is 165 Å². The predicted molar refractivity (Wildman–Crippen MR) is 106 cm³/mol. The molecule has 1 atom stereocenters. The van der Waals surface area contributed by atoms with Crippen molar-refractivity contribution in [2.45, 2.75) is 19.0 Å². The van der Waals surface area contributed by atoms with Gasteiger partial charge in [-0.3, -0.25) is 4.90 Å². The van der Waals surface area contributed by atoms with Gasteiger partial charge in [0, 0.05) is 57.2 Å². The number of benzene rings is 1. The van der Waals surface area contributed by atoms with Crippen LogP contribution in [0.3, 0.4) is 0 Å². The van der Waals surface area contributed by atoms with Crippen molar-refractivity contribution >= 4 is 5.95 Å². The number of methoxy groups -OCH3 is 3. The Kier molecular flexibility index (Phi) is 6.89. The molecular formula is C20H28N4O4. The van der Waals surface area contributed by atoms with Crippen molar-refractivity contribution in [1.82, 2.24) is 14.9 Å². The van der Waals surface area contributed by atoms with Gasteiger partial charge in [0.05, 0.1) is 21.3 Å². The molecule has 0 saturated carbocycles. The van der Waals surface area contributed by atoms with Crippen LogP contribution in [0.5, 0.6) is 17.4 Å². The molecule has 0 bridgehead atoms. The first-order chi connectivity index (χ1) is 13.7. The number of hydrogen-bond acceptors (Lipinski definition) is 8. The van der Waals surface area contributed by atoms with Crippen LogP contribution in [0.1, 0.15) is 12.0 Å². The molecule has 3 rings (SSSR count). The minimum Gasteiger partial charge on any atom is -0.497 e. The molecule has 28 heavy (non-hydrogen) atoms. The van der Waals surface area contributed by atoms with Crippen LogP contribution in [0, 0.1) is 0 Å². The Morgan fingerprint density at radius 1 is 1.07 bits per heavy atom. The van der Waals surface area contributed by atoms with E-state index >= 15 is 0 Å². The molecule has 2 heterocycles. The number of anilines is 1.